The predicted octanol–water partition coefficient (Wildman–Crippen LogP) is 0.205. The maximum atomic E-state index is 3.46. The van der Waals surface area contributed by atoms with Crippen LogP contribution < -0.4 is 10.6 Å². The zero-order valence-electron chi connectivity index (χ0n) is 6.61. The molecule has 0 saturated carbocycles. The zero-order chi connectivity index (χ0) is 7.03. The Balaban J connectivity index is 2.10. The van der Waals surface area contributed by atoms with E-state index in [9.17, 15) is 0 Å². The van der Waals surface area contributed by atoms with Crippen molar-refractivity contribution in [3.05, 3.63) is 0 Å². The second kappa shape index (κ2) is 2.21. The third kappa shape index (κ3) is 0.867. The first-order valence-corrected chi connectivity index (χ1v) is 4.23. The van der Waals surface area contributed by atoms with Gasteiger partial charge in [-0.25, -0.2) is 0 Å². The highest BCUT2D eigenvalue weighted by Crippen LogP contribution is 2.34. The second-order valence-electron chi connectivity index (χ2n) is 3.95. The summed E-state index contributed by atoms with van der Waals surface area (Å²) in [5, 5.41) is 6.92. The molecule has 2 N–H and O–H groups in total. The quantitative estimate of drug-likeness (QED) is 0.502. The van der Waals surface area contributed by atoms with Crippen molar-refractivity contribution in [1.82, 2.24) is 10.6 Å². The molecule has 10 heavy (non-hydrogen) atoms. The third-order valence-electron chi connectivity index (χ3n) is 3.10. The van der Waals surface area contributed by atoms with Gasteiger partial charge in [-0.1, -0.05) is 6.92 Å². The highest BCUT2D eigenvalue weighted by molar-refractivity contribution is 4.95. The van der Waals surface area contributed by atoms with E-state index in [4.69, 9.17) is 0 Å². The van der Waals surface area contributed by atoms with Crippen molar-refractivity contribution >= 4 is 0 Å². The fourth-order valence-corrected chi connectivity index (χ4v) is 2.23. The van der Waals surface area contributed by atoms with Crippen molar-refractivity contribution in [2.45, 2.75) is 13.3 Å². The molecule has 0 radical (unpaired) electrons. The van der Waals surface area contributed by atoms with Crippen molar-refractivity contribution in [3.63, 3.8) is 0 Å². The summed E-state index contributed by atoms with van der Waals surface area (Å²) in [6.07, 6.45) is 1.36. The van der Waals surface area contributed by atoms with E-state index in [-0.39, 0.29) is 0 Å². The Kier molecular flexibility index (Phi) is 1.46. The summed E-state index contributed by atoms with van der Waals surface area (Å²) in [4.78, 5) is 0. The summed E-state index contributed by atoms with van der Waals surface area (Å²) in [7, 11) is 0. The molecule has 0 unspecified atom stereocenters. The predicted molar refractivity (Wildman–Crippen MR) is 42.0 cm³/mol. The van der Waals surface area contributed by atoms with Crippen LogP contribution in [0.25, 0.3) is 0 Å². The van der Waals surface area contributed by atoms with Gasteiger partial charge in [0, 0.05) is 13.1 Å². The van der Waals surface area contributed by atoms with Crippen LogP contribution in [0.4, 0.5) is 0 Å². The number of fused-ring (bicyclic) bond motifs is 1. The highest BCUT2D eigenvalue weighted by atomic mass is 15.0. The molecule has 2 atom stereocenters. The summed E-state index contributed by atoms with van der Waals surface area (Å²) >= 11 is 0. The summed E-state index contributed by atoms with van der Waals surface area (Å²) in [6, 6.07) is 0. The third-order valence-corrected chi connectivity index (χ3v) is 3.10. The standard InChI is InChI=1S/C8H16N2/c1-8-5-9-3-2-7(8)4-10-6-8/h7,9-10H,2-6H2,1H3/t7-,8-/m0/s1. The number of hydrogen-bond donors (Lipinski definition) is 2. The normalized spacial score (nSPS) is 47.1. The molecule has 0 amide bonds. The van der Waals surface area contributed by atoms with Gasteiger partial charge in [0.15, 0.2) is 0 Å². The van der Waals surface area contributed by atoms with Crippen LogP contribution in [0.1, 0.15) is 13.3 Å². The Morgan fingerprint density at radius 3 is 2.90 bits per heavy atom. The van der Waals surface area contributed by atoms with Crippen molar-refractivity contribution < 1.29 is 0 Å². The number of piperidine rings is 1. The van der Waals surface area contributed by atoms with Gasteiger partial charge in [0.2, 0.25) is 0 Å². The largest absolute Gasteiger partial charge is 0.316 e. The molecule has 2 heteroatoms. The van der Waals surface area contributed by atoms with Gasteiger partial charge < -0.3 is 10.6 Å². The van der Waals surface area contributed by atoms with E-state index in [1.807, 2.05) is 0 Å². The molecule has 0 bridgehead atoms. The molecule has 2 heterocycles. The molecule has 2 rings (SSSR count). The Labute approximate surface area is 62.4 Å². The molecule has 0 aliphatic carbocycles. The first kappa shape index (κ1) is 6.62. The summed E-state index contributed by atoms with van der Waals surface area (Å²) in [5.74, 6) is 0.939. The lowest BCUT2D eigenvalue weighted by molar-refractivity contribution is 0.193. The lowest BCUT2D eigenvalue weighted by Gasteiger charge is -2.35. The van der Waals surface area contributed by atoms with E-state index in [1.165, 1.54) is 32.6 Å². The second-order valence-corrected chi connectivity index (χ2v) is 3.95. The van der Waals surface area contributed by atoms with Crippen LogP contribution in [0.15, 0.2) is 0 Å². The van der Waals surface area contributed by atoms with Crippen LogP contribution in [0.5, 0.6) is 0 Å². The summed E-state index contributed by atoms with van der Waals surface area (Å²) in [5.41, 5.74) is 0.568. The smallest absolute Gasteiger partial charge is 0.00206 e. The van der Waals surface area contributed by atoms with Gasteiger partial charge in [-0.3, -0.25) is 0 Å². The van der Waals surface area contributed by atoms with Gasteiger partial charge in [0.25, 0.3) is 0 Å². The zero-order valence-corrected chi connectivity index (χ0v) is 6.61. The van der Waals surface area contributed by atoms with E-state index in [2.05, 4.69) is 17.6 Å². The minimum atomic E-state index is 0.568. The van der Waals surface area contributed by atoms with Crippen LogP contribution in [0.3, 0.4) is 0 Å². The molecule has 0 aromatic heterocycles. The van der Waals surface area contributed by atoms with Crippen LogP contribution in [0, 0.1) is 11.3 Å². The fourth-order valence-electron chi connectivity index (χ4n) is 2.23. The van der Waals surface area contributed by atoms with E-state index in [0.29, 0.717) is 5.41 Å². The highest BCUT2D eigenvalue weighted by Gasteiger charge is 2.39. The Morgan fingerprint density at radius 1 is 1.30 bits per heavy atom. The fraction of sp³-hybridized carbons (Fsp3) is 1.00. The van der Waals surface area contributed by atoms with Gasteiger partial charge in [0.1, 0.15) is 0 Å². The van der Waals surface area contributed by atoms with Crippen LogP contribution >= 0.6 is 0 Å². The van der Waals surface area contributed by atoms with E-state index >= 15 is 0 Å². The van der Waals surface area contributed by atoms with Crippen molar-refractivity contribution in [2.24, 2.45) is 11.3 Å². The van der Waals surface area contributed by atoms with Crippen LogP contribution in [0.2, 0.25) is 0 Å². The molecule has 0 aromatic carbocycles. The first-order chi connectivity index (χ1) is 4.81. The van der Waals surface area contributed by atoms with E-state index in [1.54, 1.807) is 0 Å². The molecule has 2 aliphatic heterocycles. The number of nitrogens with one attached hydrogen (secondary N) is 2. The minimum Gasteiger partial charge on any atom is -0.316 e. The van der Waals surface area contributed by atoms with Gasteiger partial charge in [0.05, 0.1) is 0 Å². The lowest BCUT2D eigenvalue weighted by atomic mass is 9.76. The molecule has 0 spiro atoms. The van der Waals surface area contributed by atoms with E-state index < -0.39 is 0 Å². The Morgan fingerprint density at radius 2 is 2.10 bits per heavy atom. The van der Waals surface area contributed by atoms with Crippen molar-refractivity contribution in [3.8, 4) is 0 Å². The first-order valence-electron chi connectivity index (χ1n) is 4.23. The Bertz CT molecular complexity index is 135. The SMILES string of the molecule is C[C@@]12CNCC[C@H]1CNC2. The average molecular weight is 140 g/mol. The topological polar surface area (TPSA) is 24.1 Å². The number of rotatable bonds is 0. The summed E-state index contributed by atoms with van der Waals surface area (Å²) < 4.78 is 0. The maximum Gasteiger partial charge on any atom is 0.00206 e. The van der Waals surface area contributed by atoms with Crippen LogP contribution in [-0.2, 0) is 0 Å². The van der Waals surface area contributed by atoms with Gasteiger partial charge in [-0.15, -0.1) is 0 Å². The van der Waals surface area contributed by atoms with E-state index in [0.717, 1.165) is 5.92 Å². The van der Waals surface area contributed by atoms with Crippen LogP contribution in [-0.4, -0.2) is 26.2 Å². The maximum absolute atomic E-state index is 3.46. The molecular weight excluding hydrogens is 124 g/mol. The molecule has 2 saturated heterocycles. The average Bonchev–Trinajstić information content (AvgIpc) is 2.29. The summed E-state index contributed by atoms with van der Waals surface area (Å²) in [6.45, 7) is 7.29. The monoisotopic (exact) mass is 140 g/mol. The van der Waals surface area contributed by atoms with Gasteiger partial charge in [-0.05, 0) is 30.8 Å². The molecule has 0 aromatic rings. The van der Waals surface area contributed by atoms with Crippen molar-refractivity contribution in [1.29, 1.82) is 0 Å². The number of hydrogen-bond acceptors (Lipinski definition) is 2. The van der Waals surface area contributed by atoms with Gasteiger partial charge in [-0.2, -0.15) is 0 Å². The molecule has 2 fully saturated rings. The molecule has 58 valence electrons. The van der Waals surface area contributed by atoms with Crippen molar-refractivity contribution in [2.75, 3.05) is 26.2 Å². The van der Waals surface area contributed by atoms with Gasteiger partial charge >= 0.3 is 0 Å². The lowest BCUT2D eigenvalue weighted by Crippen LogP contribution is -2.44. The molecule has 2 aliphatic rings. The molecule has 2 nitrogen and oxygen atoms in total. The molecular formula is C8H16N2. The minimum absolute atomic E-state index is 0.568. The Hall–Kier alpha value is -0.0800.